The molecule has 0 saturated carbocycles. The predicted octanol–water partition coefficient (Wildman–Crippen LogP) is 1.68. The third-order valence-electron chi connectivity index (χ3n) is 3.54. The lowest BCUT2D eigenvalue weighted by molar-refractivity contribution is -0.138. The summed E-state index contributed by atoms with van der Waals surface area (Å²) >= 11 is 0. The van der Waals surface area contributed by atoms with E-state index in [1.807, 2.05) is 26.8 Å². The molecule has 1 aromatic rings. The molecule has 0 aromatic heterocycles. The number of carboxylic acids is 1. The zero-order valence-electron chi connectivity index (χ0n) is 14.0. The minimum absolute atomic E-state index is 0.108. The van der Waals surface area contributed by atoms with Crippen molar-refractivity contribution >= 4 is 17.8 Å². The second kappa shape index (κ2) is 8.31. The van der Waals surface area contributed by atoms with Gasteiger partial charge in [0, 0.05) is 19.2 Å². The van der Waals surface area contributed by atoms with Crippen LogP contribution in [0.4, 0.5) is 0 Å². The maximum absolute atomic E-state index is 12.4. The highest BCUT2D eigenvalue weighted by Crippen LogP contribution is 2.09. The van der Waals surface area contributed by atoms with Gasteiger partial charge < -0.3 is 15.3 Å². The molecule has 0 saturated heterocycles. The first-order valence-electron chi connectivity index (χ1n) is 7.56. The van der Waals surface area contributed by atoms with Gasteiger partial charge in [0.2, 0.25) is 5.91 Å². The van der Waals surface area contributed by atoms with E-state index in [1.165, 1.54) is 4.90 Å². The summed E-state index contributed by atoms with van der Waals surface area (Å²) in [5, 5.41) is 11.5. The van der Waals surface area contributed by atoms with Crippen LogP contribution >= 0.6 is 0 Å². The van der Waals surface area contributed by atoms with Crippen molar-refractivity contribution in [2.24, 2.45) is 5.92 Å². The SMILES string of the molecule is Cc1cccc(C(=O)NC(C(=O)N(C)CCC(=O)O)C(C)C)c1. The van der Waals surface area contributed by atoms with Crippen LogP contribution in [0.15, 0.2) is 24.3 Å². The fourth-order valence-electron chi connectivity index (χ4n) is 2.14. The summed E-state index contributed by atoms with van der Waals surface area (Å²) in [5.41, 5.74) is 1.46. The summed E-state index contributed by atoms with van der Waals surface area (Å²) in [6, 6.07) is 6.43. The molecule has 6 heteroatoms. The van der Waals surface area contributed by atoms with Gasteiger partial charge in [-0.1, -0.05) is 31.5 Å². The summed E-state index contributed by atoms with van der Waals surface area (Å²) < 4.78 is 0. The van der Waals surface area contributed by atoms with Crippen molar-refractivity contribution < 1.29 is 19.5 Å². The van der Waals surface area contributed by atoms with E-state index in [2.05, 4.69) is 5.32 Å². The van der Waals surface area contributed by atoms with Crippen LogP contribution in [-0.2, 0) is 9.59 Å². The number of carboxylic acid groups (broad SMARTS) is 1. The van der Waals surface area contributed by atoms with Gasteiger partial charge in [-0.05, 0) is 25.0 Å². The first kappa shape index (κ1) is 18.7. The zero-order chi connectivity index (χ0) is 17.6. The zero-order valence-corrected chi connectivity index (χ0v) is 14.0. The van der Waals surface area contributed by atoms with Crippen LogP contribution < -0.4 is 5.32 Å². The highest BCUT2D eigenvalue weighted by molar-refractivity contribution is 5.97. The summed E-state index contributed by atoms with van der Waals surface area (Å²) in [5.74, 6) is -1.67. The molecule has 23 heavy (non-hydrogen) atoms. The number of aryl methyl sites for hydroxylation is 1. The summed E-state index contributed by atoms with van der Waals surface area (Å²) in [4.78, 5) is 36.7. The Morgan fingerprint density at radius 3 is 2.43 bits per heavy atom. The Balaban J connectivity index is 2.80. The topological polar surface area (TPSA) is 86.7 Å². The minimum atomic E-state index is -0.963. The second-order valence-corrected chi connectivity index (χ2v) is 5.97. The largest absolute Gasteiger partial charge is 0.481 e. The number of aliphatic carboxylic acids is 1. The Labute approximate surface area is 136 Å². The van der Waals surface area contributed by atoms with Gasteiger partial charge in [-0.2, -0.15) is 0 Å². The van der Waals surface area contributed by atoms with E-state index >= 15 is 0 Å². The van der Waals surface area contributed by atoms with Gasteiger partial charge in [-0.15, -0.1) is 0 Å². The molecule has 0 aliphatic heterocycles. The quantitative estimate of drug-likeness (QED) is 0.800. The molecule has 126 valence electrons. The van der Waals surface area contributed by atoms with Crippen LogP contribution in [0.25, 0.3) is 0 Å². The van der Waals surface area contributed by atoms with Crippen molar-refractivity contribution in [2.75, 3.05) is 13.6 Å². The molecule has 1 rings (SSSR count). The molecule has 0 bridgehead atoms. The van der Waals surface area contributed by atoms with E-state index in [0.717, 1.165) is 5.56 Å². The lowest BCUT2D eigenvalue weighted by Gasteiger charge is -2.26. The van der Waals surface area contributed by atoms with Gasteiger partial charge in [0.15, 0.2) is 0 Å². The Kier molecular flexibility index (Phi) is 6.75. The fraction of sp³-hybridized carbons (Fsp3) is 0.471. The van der Waals surface area contributed by atoms with Crippen molar-refractivity contribution in [3.05, 3.63) is 35.4 Å². The van der Waals surface area contributed by atoms with Crippen LogP contribution in [0.1, 0.15) is 36.2 Å². The Morgan fingerprint density at radius 2 is 1.91 bits per heavy atom. The van der Waals surface area contributed by atoms with Gasteiger partial charge in [-0.25, -0.2) is 0 Å². The lowest BCUT2D eigenvalue weighted by atomic mass is 10.0. The highest BCUT2D eigenvalue weighted by Gasteiger charge is 2.27. The molecule has 0 aliphatic rings. The molecule has 1 aromatic carbocycles. The number of hydrogen-bond donors (Lipinski definition) is 2. The minimum Gasteiger partial charge on any atom is -0.481 e. The first-order valence-corrected chi connectivity index (χ1v) is 7.56. The van der Waals surface area contributed by atoms with Crippen LogP contribution in [0, 0.1) is 12.8 Å². The molecule has 0 heterocycles. The maximum atomic E-state index is 12.4. The standard InChI is InChI=1S/C17H24N2O4/c1-11(2)15(17(23)19(4)9-8-14(20)21)18-16(22)13-7-5-6-12(3)10-13/h5-7,10-11,15H,8-9H2,1-4H3,(H,18,22)(H,20,21). The Morgan fingerprint density at radius 1 is 1.26 bits per heavy atom. The van der Waals surface area contributed by atoms with Gasteiger partial charge in [-0.3, -0.25) is 14.4 Å². The van der Waals surface area contributed by atoms with Crippen LogP contribution in [0.5, 0.6) is 0 Å². The molecular weight excluding hydrogens is 296 g/mol. The number of benzene rings is 1. The fourth-order valence-corrected chi connectivity index (χ4v) is 2.14. The third kappa shape index (κ3) is 5.73. The van der Waals surface area contributed by atoms with Gasteiger partial charge >= 0.3 is 5.97 Å². The first-order chi connectivity index (χ1) is 10.7. The second-order valence-electron chi connectivity index (χ2n) is 5.97. The number of nitrogens with one attached hydrogen (secondary N) is 1. The summed E-state index contributed by atoms with van der Waals surface area (Å²) in [6.45, 7) is 5.67. The van der Waals surface area contributed by atoms with Gasteiger partial charge in [0.25, 0.3) is 5.91 Å². The molecule has 0 aliphatic carbocycles. The molecule has 6 nitrogen and oxygen atoms in total. The van der Waals surface area contributed by atoms with Crippen molar-refractivity contribution in [3.63, 3.8) is 0 Å². The number of rotatable bonds is 7. The molecule has 1 unspecified atom stereocenters. The van der Waals surface area contributed by atoms with Crippen molar-refractivity contribution in [1.29, 1.82) is 0 Å². The molecule has 0 radical (unpaired) electrons. The molecule has 0 fully saturated rings. The number of likely N-dealkylation sites (N-methyl/N-ethyl adjacent to an activating group) is 1. The third-order valence-corrected chi connectivity index (χ3v) is 3.54. The molecular formula is C17H24N2O4. The number of amides is 2. The van der Waals surface area contributed by atoms with Crippen LogP contribution in [0.3, 0.4) is 0 Å². The van der Waals surface area contributed by atoms with Crippen LogP contribution in [-0.4, -0.2) is 47.4 Å². The monoisotopic (exact) mass is 320 g/mol. The van der Waals surface area contributed by atoms with Crippen molar-refractivity contribution in [3.8, 4) is 0 Å². The van der Waals surface area contributed by atoms with Crippen molar-refractivity contribution in [2.45, 2.75) is 33.2 Å². The van der Waals surface area contributed by atoms with Crippen LogP contribution in [0.2, 0.25) is 0 Å². The normalized spacial score (nSPS) is 11.9. The summed E-state index contributed by atoms with van der Waals surface area (Å²) in [6.07, 6.45) is -0.126. The smallest absolute Gasteiger partial charge is 0.305 e. The maximum Gasteiger partial charge on any atom is 0.305 e. The van der Waals surface area contributed by atoms with E-state index in [4.69, 9.17) is 5.11 Å². The Bertz CT molecular complexity index is 584. The predicted molar refractivity (Wildman–Crippen MR) is 87.2 cm³/mol. The highest BCUT2D eigenvalue weighted by atomic mass is 16.4. The number of carbonyl (C=O) groups excluding carboxylic acids is 2. The average molecular weight is 320 g/mol. The molecule has 1 atom stereocenters. The number of nitrogens with zero attached hydrogens (tertiary/aromatic N) is 1. The molecule has 2 N–H and O–H groups in total. The van der Waals surface area contributed by atoms with E-state index in [-0.39, 0.29) is 30.7 Å². The summed E-state index contributed by atoms with van der Waals surface area (Å²) in [7, 11) is 1.54. The van der Waals surface area contributed by atoms with E-state index < -0.39 is 12.0 Å². The lowest BCUT2D eigenvalue weighted by Crippen LogP contribution is -2.50. The average Bonchev–Trinajstić information content (AvgIpc) is 2.48. The van der Waals surface area contributed by atoms with E-state index in [9.17, 15) is 14.4 Å². The molecule has 0 spiro atoms. The van der Waals surface area contributed by atoms with Gasteiger partial charge in [0.05, 0.1) is 6.42 Å². The van der Waals surface area contributed by atoms with E-state index in [0.29, 0.717) is 5.56 Å². The number of carbonyl (C=O) groups is 3. The molecule has 2 amide bonds. The van der Waals surface area contributed by atoms with E-state index in [1.54, 1.807) is 25.2 Å². The Hall–Kier alpha value is -2.37. The number of hydrogen-bond acceptors (Lipinski definition) is 3. The van der Waals surface area contributed by atoms with Crippen molar-refractivity contribution in [1.82, 2.24) is 10.2 Å². The van der Waals surface area contributed by atoms with Gasteiger partial charge in [0.1, 0.15) is 6.04 Å².